The Labute approximate surface area is 172 Å². The van der Waals surface area contributed by atoms with Crippen molar-refractivity contribution in [3.8, 4) is 0 Å². The van der Waals surface area contributed by atoms with Crippen LogP contribution in [0.5, 0.6) is 0 Å². The third-order valence-electron chi connectivity index (χ3n) is 6.70. The average Bonchev–Trinajstić information content (AvgIpc) is 2.64. The molecule has 29 heavy (non-hydrogen) atoms. The van der Waals surface area contributed by atoms with Crippen LogP contribution in [0.15, 0.2) is 29.2 Å². The summed E-state index contributed by atoms with van der Waals surface area (Å²) in [4.78, 5) is 0.148. The minimum Gasteiger partial charge on any atom is -0.363 e. The second-order valence-electron chi connectivity index (χ2n) is 9.25. The second-order valence-corrected chi connectivity index (χ2v) is 10.9. The predicted molar refractivity (Wildman–Crippen MR) is 105 cm³/mol. The van der Waals surface area contributed by atoms with E-state index in [1.807, 2.05) is 27.7 Å². The molecule has 4 aliphatic heterocycles. The summed E-state index contributed by atoms with van der Waals surface area (Å²) in [5, 5.41) is 11.0. The third-order valence-corrected chi connectivity index (χ3v) is 8.00. The van der Waals surface area contributed by atoms with E-state index in [1.54, 1.807) is 24.3 Å². The molecule has 4 atom stereocenters. The van der Waals surface area contributed by atoms with Crippen LogP contribution in [0, 0.1) is 12.8 Å². The Kier molecular flexibility index (Phi) is 4.93. The van der Waals surface area contributed by atoms with Crippen molar-refractivity contribution < 1.29 is 31.9 Å². The minimum atomic E-state index is -3.81. The van der Waals surface area contributed by atoms with Crippen molar-refractivity contribution in [2.24, 2.45) is 5.92 Å². The highest BCUT2D eigenvalue weighted by molar-refractivity contribution is 7.86. The van der Waals surface area contributed by atoms with Crippen LogP contribution in [0.25, 0.3) is 0 Å². The SMILES string of the molecule is Cc1ccc(S(=O)(=O)OC[C@H]2CC[C@]3(OC2)O[C@@]2(O)CC[C@]3(C)OC2(C)C)cc1. The maximum absolute atomic E-state index is 12.4. The maximum Gasteiger partial charge on any atom is 0.296 e. The number of aryl methyl sites for hydroxylation is 1. The van der Waals surface area contributed by atoms with E-state index in [1.165, 1.54) is 0 Å². The second kappa shape index (κ2) is 6.73. The van der Waals surface area contributed by atoms with Crippen molar-refractivity contribution in [3.63, 3.8) is 0 Å². The Hall–Kier alpha value is -1.03. The molecule has 4 aliphatic rings. The summed E-state index contributed by atoms with van der Waals surface area (Å²) < 4.78 is 48.6. The molecule has 1 aromatic rings. The van der Waals surface area contributed by atoms with Gasteiger partial charge in [0.15, 0.2) is 5.79 Å². The molecular formula is C21H30O7S. The fraction of sp³-hybridized carbons (Fsp3) is 0.714. The van der Waals surface area contributed by atoms with E-state index in [2.05, 4.69) is 0 Å². The van der Waals surface area contributed by atoms with E-state index in [0.29, 0.717) is 25.7 Å². The quantitative estimate of drug-likeness (QED) is 0.740. The summed E-state index contributed by atoms with van der Waals surface area (Å²) in [7, 11) is -3.81. The standard InChI is InChI=1S/C21H30O7S/c1-15-5-7-17(8-6-15)29(23,24)26-14-16-9-10-21(25-13-16)19(4)11-12-20(22,28-21)18(2,3)27-19/h5-8,16,22H,9-14H2,1-4H3/t16-,19-,20-,21-/m0/s1. The first-order valence-corrected chi connectivity index (χ1v) is 11.5. The van der Waals surface area contributed by atoms with Gasteiger partial charge in [-0.15, -0.1) is 0 Å². The van der Waals surface area contributed by atoms with Crippen molar-refractivity contribution in [1.29, 1.82) is 0 Å². The Balaban J connectivity index is 1.40. The van der Waals surface area contributed by atoms with Gasteiger partial charge in [-0.25, -0.2) is 0 Å². The molecule has 0 amide bonds. The molecule has 5 rings (SSSR count). The van der Waals surface area contributed by atoms with Gasteiger partial charge in [0, 0.05) is 18.8 Å². The predicted octanol–water partition coefficient (Wildman–Crippen LogP) is 2.89. The molecule has 8 heteroatoms. The van der Waals surface area contributed by atoms with Crippen molar-refractivity contribution in [3.05, 3.63) is 29.8 Å². The lowest BCUT2D eigenvalue weighted by atomic mass is 9.72. The normalized spacial score (nSPS) is 39.0. The maximum atomic E-state index is 12.4. The fourth-order valence-corrected chi connectivity index (χ4v) is 5.59. The van der Waals surface area contributed by atoms with Crippen LogP contribution in [0.2, 0.25) is 0 Å². The lowest BCUT2D eigenvalue weighted by Crippen LogP contribution is -2.78. The Morgan fingerprint density at radius 1 is 1.10 bits per heavy atom. The number of ether oxygens (including phenoxy) is 3. The zero-order valence-corrected chi connectivity index (χ0v) is 18.3. The van der Waals surface area contributed by atoms with Crippen molar-refractivity contribution in [1.82, 2.24) is 0 Å². The highest BCUT2D eigenvalue weighted by Crippen LogP contribution is 2.58. The Bertz CT molecular complexity index is 871. The van der Waals surface area contributed by atoms with Crippen LogP contribution < -0.4 is 0 Å². The van der Waals surface area contributed by atoms with E-state index in [-0.39, 0.29) is 24.0 Å². The summed E-state index contributed by atoms with van der Waals surface area (Å²) >= 11 is 0. The lowest BCUT2D eigenvalue weighted by Gasteiger charge is -2.66. The first-order valence-electron chi connectivity index (χ1n) is 10.1. The molecule has 162 valence electrons. The van der Waals surface area contributed by atoms with Gasteiger partial charge >= 0.3 is 0 Å². The zero-order valence-electron chi connectivity index (χ0n) is 17.4. The summed E-state index contributed by atoms with van der Waals surface area (Å²) in [6.45, 7) is 7.83. The van der Waals surface area contributed by atoms with Crippen LogP contribution in [-0.4, -0.2) is 49.5 Å². The number of fused-ring (bicyclic) bond motifs is 2. The molecule has 4 heterocycles. The summed E-state index contributed by atoms with van der Waals surface area (Å²) in [6.07, 6.45) is 2.28. The molecule has 0 unspecified atom stereocenters. The van der Waals surface area contributed by atoms with E-state index in [4.69, 9.17) is 18.4 Å². The number of hydrogen-bond donors (Lipinski definition) is 1. The molecule has 4 saturated heterocycles. The first-order chi connectivity index (χ1) is 13.4. The largest absolute Gasteiger partial charge is 0.363 e. The van der Waals surface area contributed by atoms with E-state index >= 15 is 0 Å². The number of benzene rings is 1. The Morgan fingerprint density at radius 3 is 2.38 bits per heavy atom. The highest BCUT2D eigenvalue weighted by Gasteiger charge is 2.71. The molecule has 0 aromatic heterocycles. The van der Waals surface area contributed by atoms with Crippen LogP contribution in [-0.2, 0) is 28.5 Å². The lowest BCUT2D eigenvalue weighted by molar-refractivity contribution is -0.522. The van der Waals surface area contributed by atoms with Gasteiger partial charge in [0.2, 0.25) is 5.79 Å². The van der Waals surface area contributed by atoms with Crippen molar-refractivity contribution in [2.45, 2.75) is 81.1 Å². The molecular weight excluding hydrogens is 396 g/mol. The molecule has 0 aliphatic carbocycles. The molecule has 0 radical (unpaired) electrons. The summed E-state index contributed by atoms with van der Waals surface area (Å²) in [5.41, 5.74) is -0.505. The first kappa shape index (κ1) is 21.2. The van der Waals surface area contributed by atoms with Gasteiger partial charge < -0.3 is 19.3 Å². The average molecular weight is 427 g/mol. The van der Waals surface area contributed by atoms with Gasteiger partial charge in [-0.3, -0.25) is 4.18 Å². The summed E-state index contributed by atoms with van der Waals surface area (Å²) in [6, 6.07) is 6.58. The van der Waals surface area contributed by atoms with Crippen LogP contribution in [0.1, 0.15) is 52.0 Å². The van der Waals surface area contributed by atoms with Gasteiger partial charge in [-0.2, -0.15) is 8.42 Å². The van der Waals surface area contributed by atoms with Crippen molar-refractivity contribution in [2.75, 3.05) is 13.2 Å². The minimum absolute atomic E-state index is 0.0413. The van der Waals surface area contributed by atoms with Crippen LogP contribution >= 0.6 is 0 Å². The van der Waals surface area contributed by atoms with Crippen LogP contribution in [0.3, 0.4) is 0 Å². The molecule has 0 saturated carbocycles. The molecule has 4 fully saturated rings. The third kappa shape index (κ3) is 3.43. The van der Waals surface area contributed by atoms with Crippen LogP contribution in [0.4, 0.5) is 0 Å². The summed E-state index contributed by atoms with van der Waals surface area (Å²) in [5.74, 6) is -2.51. The fourth-order valence-electron chi connectivity index (χ4n) is 4.62. The van der Waals surface area contributed by atoms with E-state index in [0.717, 1.165) is 5.56 Å². The smallest absolute Gasteiger partial charge is 0.296 e. The topological polar surface area (TPSA) is 91.3 Å². The van der Waals surface area contributed by atoms with Gasteiger partial charge in [-0.05, 0) is 52.7 Å². The van der Waals surface area contributed by atoms with E-state index in [9.17, 15) is 13.5 Å². The molecule has 1 aromatic carbocycles. The molecule has 1 N–H and O–H groups in total. The van der Waals surface area contributed by atoms with Crippen molar-refractivity contribution >= 4 is 10.1 Å². The number of rotatable bonds is 4. The van der Waals surface area contributed by atoms with E-state index < -0.39 is 32.9 Å². The molecule has 7 nitrogen and oxygen atoms in total. The molecule has 2 bridgehead atoms. The number of hydrogen-bond acceptors (Lipinski definition) is 7. The van der Waals surface area contributed by atoms with Gasteiger partial charge in [0.25, 0.3) is 10.1 Å². The monoisotopic (exact) mass is 426 g/mol. The van der Waals surface area contributed by atoms with Gasteiger partial charge in [0.1, 0.15) is 11.2 Å². The van der Waals surface area contributed by atoms with Gasteiger partial charge in [-0.1, -0.05) is 17.7 Å². The Morgan fingerprint density at radius 2 is 1.79 bits per heavy atom. The zero-order chi connectivity index (χ0) is 21.1. The highest BCUT2D eigenvalue weighted by atomic mass is 32.2. The molecule has 1 spiro atoms. The number of aliphatic hydroxyl groups is 1. The van der Waals surface area contributed by atoms with Gasteiger partial charge in [0.05, 0.1) is 18.1 Å².